The van der Waals surface area contributed by atoms with Gasteiger partial charge in [0.2, 0.25) is 0 Å². The van der Waals surface area contributed by atoms with Crippen LogP contribution in [0.3, 0.4) is 0 Å². The second kappa shape index (κ2) is 9.99. The molecule has 0 saturated carbocycles. The molecule has 1 atom stereocenters. The number of aromatic nitrogens is 2. The Labute approximate surface area is 131 Å². The number of hydrogen-bond acceptors (Lipinski definition) is 2. The zero-order valence-electron chi connectivity index (χ0n) is 14.8. The monoisotopic (exact) mass is 293 g/mol. The lowest BCUT2D eigenvalue weighted by atomic mass is 9.98. The molecule has 0 aromatic carbocycles. The fourth-order valence-corrected chi connectivity index (χ4v) is 2.98. The molecule has 0 bridgehead atoms. The molecule has 122 valence electrons. The Hall–Kier alpha value is -0.830. The van der Waals surface area contributed by atoms with E-state index in [1.165, 1.54) is 61.9 Å². The third-order valence-corrected chi connectivity index (χ3v) is 4.45. The van der Waals surface area contributed by atoms with Gasteiger partial charge in [0.05, 0.1) is 5.69 Å². The van der Waals surface area contributed by atoms with Crippen molar-refractivity contribution >= 4 is 0 Å². The van der Waals surface area contributed by atoms with Crippen LogP contribution in [0.2, 0.25) is 0 Å². The van der Waals surface area contributed by atoms with Gasteiger partial charge >= 0.3 is 0 Å². The zero-order valence-corrected chi connectivity index (χ0v) is 14.8. The molecule has 1 N–H and O–H groups in total. The van der Waals surface area contributed by atoms with E-state index in [0.29, 0.717) is 6.04 Å². The average Bonchev–Trinajstić information content (AvgIpc) is 2.70. The largest absolute Gasteiger partial charge is 0.314 e. The summed E-state index contributed by atoms with van der Waals surface area (Å²) in [5.74, 6) is 0. The molecule has 1 rings (SSSR count). The number of unbranched alkanes of at least 4 members (excludes halogenated alkanes) is 4. The molecule has 0 fully saturated rings. The van der Waals surface area contributed by atoms with Crippen LogP contribution in [0.15, 0.2) is 0 Å². The Morgan fingerprint density at radius 3 is 2.33 bits per heavy atom. The Kier molecular flexibility index (Phi) is 8.67. The van der Waals surface area contributed by atoms with Crippen LogP contribution in [0.1, 0.15) is 75.7 Å². The molecular formula is C18H35N3. The van der Waals surface area contributed by atoms with E-state index in [9.17, 15) is 0 Å². The van der Waals surface area contributed by atoms with Crippen LogP contribution in [-0.4, -0.2) is 22.4 Å². The van der Waals surface area contributed by atoms with Gasteiger partial charge in [0.25, 0.3) is 0 Å². The van der Waals surface area contributed by atoms with Gasteiger partial charge in [-0.3, -0.25) is 4.68 Å². The summed E-state index contributed by atoms with van der Waals surface area (Å²) in [6.45, 7) is 9.97. The second-order valence-corrected chi connectivity index (χ2v) is 6.33. The molecule has 0 radical (unpaired) electrons. The fourth-order valence-electron chi connectivity index (χ4n) is 2.98. The molecule has 1 heterocycles. The molecule has 3 heteroatoms. The van der Waals surface area contributed by atoms with Crippen molar-refractivity contribution in [3.63, 3.8) is 0 Å². The van der Waals surface area contributed by atoms with Crippen LogP contribution in [0.25, 0.3) is 0 Å². The predicted octanol–water partition coefficient (Wildman–Crippen LogP) is 4.31. The summed E-state index contributed by atoms with van der Waals surface area (Å²) in [4.78, 5) is 0. The molecule has 1 aromatic rings. The Bertz CT molecular complexity index is 395. The van der Waals surface area contributed by atoms with Gasteiger partial charge in [0.15, 0.2) is 0 Å². The van der Waals surface area contributed by atoms with Crippen molar-refractivity contribution in [2.24, 2.45) is 7.05 Å². The van der Waals surface area contributed by atoms with Crippen molar-refractivity contribution in [3.8, 4) is 0 Å². The minimum atomic E-state index is 0.605. The molecule has 1 unspecified atom stereocenters. The number of nitrogens with zero attached hydrogens (tertiary/aromatic N) is 2. The van der Waals surface area contributed by atoms with E-state index in [2.05, 4.69) is 38.1 Å². The van der Waals surface area contributed by atoms with Crippen LogP contribution in [0.4, 0.5) is 0 Å². The summed E-state index contributed by atoms with van der Waals surface area (Å²) in [6.07, 6.45) is 10.4. The lowest BCUT2D eigenvalue weighted by Crippen LogP contribution is -2.32. The molecule has 3 nitrogen and oxygen atoms in total. The quantitative estimate of drug-likeness (QED) is 0.616. The number of hydrogen-bond donors (Lipinski definition) is 1. The maximum absolute atomic E-state index is 4.55. The highest BCUT2D eigenvalue weighted by Gasteiger charge is 2.15. The zero-order chi connectivity index (χ0) is 15.7. The molecule has 1 aromatic heterocycles. The standard InChI is InChI=1S/C18H35N3/c1-6-8-9-10-11-12-17(19-13-7-2)14-18-15(3)20-21(5)16(18)4/h17,19H,6-14H2,1-5H3. The van der Waals surface area contributed by atoms with Crippen molar-refractivity contribution in [2.75, 3.05) is 6.54 Å². The van der Waals surface area contributed by atoms with Gasteiger partial charge in [0.1, 0.15) is 0 Å². The summed E-state index contributed by atoms with van der Waals surface area (Å²) in [7, 11) is 2.05. The van der Waals surface area contributed by atoms with E-state index in [1.54, 1.807) is 0 Å². The summed E-state index contributed by atoms with van der Waals surface area (Å²) in [6, 6.07) is 0.605. The van der Waals surface area contributed by atoms with Gasteiger partial charge in [-0.15, -0.1) is 0 Å². The number of rotatable bonds is 11. The second-order valence-electron chi connectivity index (χ2n) is 6.33. The first kappa shape index (κ1) is 18.2. The SMILES string of the molecule is CCCCCCCC(Cc1c(C)nn(C)c1C)NCCC. The van der Waals surface area contributed by atoms with Crippen LogP contribution >= 0.6 is 0 Å². The van der Waals surface area contributed by atoms with Crippen molar-refractivity contribution in [1.82, 2.24) is 15.1 Å². The van der Waals surface area contributed by atoms with Crippen LogP contribution in [0.5, 0.6) is 0 Å². The van der Waals surface area contributed by atoms with E-state index < -0.39 is 0 Å². The van der Waals surface area contributed by atoms with E-state index in [0.717, 1.165) is 13.0 Å². The summed E-state index contributed by atoms with van der Waals surface area (Å²) >= 11 is 0. The first-order chi connectivity index (χ1) is 10.1. The first-order valence-electron chi connectivity index (χ1n) is 8.82. The first-order valence-corrected chi connectivity index (χ1v) is 8.82. The van der Waals surface area contributed by atoms with Crippen LogP contribution in [0, 0.1) is 13.8 Å². The molecule has 0 spiro atoms. The molecule has 21 heavy (non-hydrogen) atoms. The predicted molar refractivity (Wildman–Crippen MR) is 91.8 cm³/mol. The van der Waals surface area contributed by atoms with Crippen molar-refractivity contribution in [3.05, 3.63) is 17.0 Å². The van der Waals surface area contributed by atoms with Crippen LogP contribution < -0.4 is 5.32 Å². The smallest absolute Gasteiger partial charge is 0.0628 e. The minimum Gasteiger partial charge on any atom is -0.314 e. The lowest BCUT2D eigenvalue weighted by molar-refractivity contribution is 0.450. The maximum atomic E-state index is 4.55. The fraction of sp³-hybridized carbons (Fsp3) is 0.833. The molecule has 0 amide bonds. The average molecular weight is 293 g/mol. The van der Waals surface area contributed by atoms with Crippen molar-refractivity contribution in [2.45, 2.75) is 85.1 Å². The van der Waals surface area contributed by atoms with Crippen LogP contribution in [-0.2, 0) is 13.5 Å². The maximum Gasteiger partial charge on any atom is 0.0628 e. The van der Waals surface area contributed by atoms with E-state index >= 15 is 0 Å². The number of aryl methyl sites for hydroxylation is 2. The Morgan fingerprint density at radius 1 is 1.05 bits per heavy atom. The van der Waals surface area contributed by atoms with Gasteiger partial charge in [-0.2, -0.15) is 5.10 Å². The Morgan fingerprint density at radius 2 is 1.76 bits per heavy atom. The molecule has 0 aliphatic rings. The van der Waals surface area contributed by atoms with E-state index in [-0.39, 0.29) is 0 Å². The molecule has 0 aliphatic heterocycles. The highest BCUT2D eigenvalue weighted by molar-refractivity contribution is 5.25. The van der Waals surface area contributed by atoms with E-state index in [1.807, 2.05) is 11.7 Å². The highest BCUT2D eigenvalue weighted by atomic mass is 15.3. The Balaban J connectivity index is 2.52. The summed E-state index contributed by atoms with van der Waals surface area (Å²) < 4.78 is 2.02. The number of nitrogens with one attached hydrogen (secondary N) is 1. The van der Waals surface area contributed by atoms with E-state index in [4.69, 9.17) is 0 Å². The van der Waals surface area contributed by atoms with Gasteiger partial charge < -0.3 is 5.32 Å². The van der Waals surface area contributed by atoms with Gasteiger partial charge in [-0.05, 0) is 45.2 Å². The van der Waals surface area contributed by atoms with Gasteiger partial charge in [-0.1, -0.05) is 46.0 Å². The van der Waals surface area contributed by atoms with Crippen molar-refractivity contribution < 1.29 is 0 Å². The third-order valence-electron chi connectivity index (χ3n) is 4.45. The normalized spacial score (nSPS) is 12.8. The lowest BCUT2D eigenvalue weighted by Gasteiger charge is -2.19. The minimum absolute atomic E-state index is 0.605. The summed E-state index contributed by atoms with van der Waals surface area (Å²) in [5, 5.41) is 8.29. The molecular weight excluding hydrogens is 258 g/mol. The van der Waals surface area contributed by atoms with Gasteiger partial charge in [0, 0.05) is 18.8 Å². The molecule has 0 saturated heterocycles. The summed E-state index contributed by atoms with van der Waals surface area (Å²) in [5.41, 5.74) is 3.96. The highest BCUT2D eigenvalue weighted by Crippen LogP contribution is 2.17. The molecule has 0 aliphatic carbocycles. The van der Waals surface area contributed by atoms with Crippen molar-refractivity contribution in [1.29, 1.82) is 0 Å². The third kappa shape index (κ3) is 6.21. The van der Waals surface area contributed by atoms with Gasteiger partial charge in [-0.25, -0.2) is 0 Å². The topological polar surface area (TPSA) is 29.9 Å².